The van der Waals surface area contributed by atoms with Gasteiger partial charge in [-0.05, 0) is 55.3 Å². The number of hydrogen-bond donors (Lipinski definition) is 1. The lowest BCUT2D eigenvalue weighted by atomic mass is 9.85. The van der Waals surface area contributed by atoms with Crippen molar-refractivity contribution < 1.29 is 23.9 Å². The van der Waals surface area contributed by atoms with Gasteiger partial charge in [0.15, 0.2) is 6.61 Å². The topological polar surface area (TPSA) is 92.8 Å². The molecule has 32 heavy (non-hydrogen) atoms. The summed E-state index contributed by atoms with van der Waals surface area (Å²) in [5.74, 6) is -2.41. The Hall–Kier alpha value is -3.16. The Morgan fingerprint density at radius 1 is 0.969 bits per heavy atom. The predicted octanol–water partition coefficient (Wildman–Crippen LogP) is 4.24. The summed E-state index contributed by atoms with van der Waals surface area (Å²) in [5, 5.41) is 3.21. The fraction of sp³-hybridized carbons (Fsp3) is 0.217. The third kappa shape index (κ3) is 4.40. The van der Waals surface area contributed by atoms with E-state index in [1.807, 2.05) is 12.2 Å². The smallest absolute Gasteiger partial charge is 0.338 e. The van der Waals surface area contributed by atoms with Gasteiger partial charge in [-0.2, -0.15) is 0 Å². The van der Waals surface area contributed by atoms with Crippen molar-refractivity contribution in [3.8, 4) is 0 Å². The van der Waals surface area contributed by atoms with Crippen LogP contribution in [0.4, 0.5) is 11.4 Å². The second-order valence-electron chi connectivity index (χ2n) is 7.46. The van der Waals surface area contributed by atoms with Gasteiger partial charge < -0.3 is 10.1 Å². The normalized spacial score (nSPS) is 19.6. The first-order valence-electron chi connectivity index (χ1n) is 9.90. The van der Waals surface area contributed by atoms with Crippen LogP contribution in [0.5, 0.6) is 0 Å². The summed E-state index contributed by atoms with van der Waals surface area (Å²) in [6, 6.07) is 10.5. The standard InChI is InChI=1S/C23H18Cl2N2O5/c24-14-7-10-18(25)19(11-14)26-20(28)12-32-23(31)13-5-8-15(9-6-13)27-21(29)16-3-1-2-4-17(16)22(27)30/h1-2,5-11,16-17H,3-4,12H2,(H,26,28)/t16-,17-/m0/s1. The first-order chi connectivity index (χ1) is 15.3. The van der Waals surface area contributed by atoms with Gasteiger partial charge in [0, 0.05) is 5.02 Å². The molecular formula is C23H18Cl2N2O5. The van der Waals surface area contributed by atoms with E-state index in [4.69, 9.17) is 27.9 Å². The van der Waals surface area contributed by atoms with Gasteiger partial charge in [-0.3, -0.25) is 19.3 Å². The SMILES string of the molecule is O=C(COC(=O)c1ccc(N2C(=O)[C@H]3CC=CC[C@@H]3C2=O)cc1)Nc1cc(Cl)ccc1Cl. The van der Waals surface area contributed by atoms with Crippen LogP contribution in [-0.4, -0.2) is 30.3 Å². The van der Waals surface area contributed by atoms with Crippen LogP contribution in [0.1, 0.15) is 23.2 Å². The molecule has 0 saturated carbocycles. The molecule has 9 heteroatoms. The predicted molar refractivity (Wildman–Crippen MR) is 120 cm³/mol. The largest absolute Gasteiger partial charge is 0.452 e. The van der Waals surface area contributed by atoms with Gasteiger partial charge >= 0.3 is 5.97 Å². The van der Waals surface area contributed by atoms with Crippen LogP contribution >= 0.6 is 23.2 Å². The maximum atomic E-state index is 12.7. The summed E-state index contributed by atoms with van der Waals surface area (Å²) < 4.78 is 5.03. The maximum absolute atomic E-state index is 12.7. The van der Waals surface area contributed by atoms with Gasteiger partial charge in [-0.15, -0.1) is 0 Å². The number of carbonyl (C=O) groups excluding carboxylic acids is 4. The van der Waals surface area contributed by atoms with E-state index >= 15 is 0 Å². The molecule has 1 N–H and O–H groups in total. The number of anilines is 2. The molecule has 1 fully saturated rings. The third-order valence-electron chi connectivity index (χ3n) is 5.41. The number of hydrogen-bond acceptors (Lipinski definition) is 5. The van der Waals surface area contributed by atoms with Crippen molar-refractivity contribution in [2.24, 2.45) is 11.8 Å². The zero-order valence-corrected chi connectivity index (χ0v) is 18.2. The van der Waals surface area contributed by atoms with E-state index in [9.17, 15) is 19.2 Å². The summed E-state index contributed by atoms with van der Waals surface area (Å²) in [6.45, 7) is -0.525. The number of nitrogens with one attached hydrogen (secondary N) is 1. The van der Waals surface area contributed by atoms with E-state index in [2.05, 4.69) is 5.32 Å². The van der Waals surface area contributed by atoms with Gasteiger partial charge in [0.2, 0.25) is 11.8 Å². The van der Waals surface area contributed by atoms with Crippen LogP contribution in [-0.2, 0) is 19.1 Å². The molecule has 0 spiro atoms. The zero-order valence-electron chi connectivity index (χ0n) is 16.7. The summed E-state index contributed by atoms with van der Waals surface area (Å²) in [7, 11) is 0. The van der Waals surface area contributed by atoms with Crippen LogP contribution in [0.3, 0.4) is 0 Å². The number of amides is 3. The number of imide groups is 1. The number of benzene rings is 2. The molecule has 0 bridgehead atoms. The minimum absolute atomic E-state index is 0.181. The highest BCUT2D eigenvalue weighted by Gasteiger charge is 2.47. The molecule has 2 aliphatic rings. The molecule has 164 valence electrons. The lowest BCUT2D eigenvalue weighted by molar-refractivity contribution is -0.122. The molecule has 0 radical (unpaired) electrons. The van der Waals surface area contributed by atoms with Gasteiger partial charge in [-0.1, -0.05) is 35.4 Å². The Kier molecular flexibility index (Phi) is 6.30. The fourth-order valence-corrected chi connectivity index (χ4v) is 4.13. The van der Waals surface area contributed by atoms with Crippen molar-refractivity contribution in [3.05, 3.63) is 70.2 Å². The van der Waals surface area contributed by atoms with Crippen LogP contribution in [0.2, 0.25) is 10.0 Å². The average molecular weight is 473 g/mol. The quantitative estimate of drug-likeness (QED) is 0.398. The van der Waals surface area contributed by atoms with E-state index in [1.165, 1.54) is 41.3 Å². The summed E-state index contributed by atoms with van der Waals surface area (Å²) in [4.78, 5) is 50.8. The van der Waals surface area contributed by atoms with E-state index in [0.717, 1.165) is 0 Å². The first-order valence-corrected chi connectivity index (χ1v) is 10.7. The number of fused-ring (bicyclic) bond motifs is 1. The van der Waals surface area contributed by atoms with Crippen molar-refractivity contribution >= 4 is 58.3 Å². The highest BCUT2D eigenvalue weighted by Crippen LogP contribution is 2.37. The molecule has 3 amide bonds. The van der Waals surface area contributed by atoms with E-state index in [1.54, 1.807) is 6.07 Å². The number of carbonyl (C=O) groups is 4. The minimum atomic E-state index is -0.721. The molecule has 2 atom stereocenters. The minimum Gasteiger partial charge on any atom is -0.452 e. The van der Waals surface area contributed by atoms with Crippen molar-refractivity contribution in [1.82, 2.24) is 0 Å². The molecule has 0 unspecified atom stereocenters. The Labute approximate surface area is 193 Å². The van der Waals surface area contributed by atoms with Crippen LogP contribution < -0.4 is 10.2 Å². The second-order valence-corrected chi connectivity index (χ2v) is 8.31. The molecule has 2 aromatic rings. The summed E-state index contributed by atoms with van der Waals surface area (Å²) in [6.07, 6.45) is 4.95. The highest BCUT2D eigenvalue weighted by molar-refractivity contribution is 6.35. The average Bonchev–Trinajstić information content (AvgIpc) is 3.05. The zero-order chi connectivity index (χ0) is 22.8. The second kappa shape index (κ2) is 9.14. The van der Waals surface area contributed by atoms with Gasteiger partial charge in [-0.25, -0.2) is 4.79 Å². The van der Waals surface area contributed by atoms with E-state index in [-0.39, 0.29) is 29.2 Å². The maximum Gasteiger partial charge on any atom is 0.338 e. The lowest BCUT2D eigenvalue weighted by Gasteiger charge is -2.15. The number of rotatable bonds is 5. The Morgan fingerprint density at radius 3 is 2.22 bits per heavy atom. The van der Waals surface area contributed by atoms with Crippen molar-refractivity contribution in [1.29, 1.82) is 0 Å². The number of ether oxygens (including phenoxy) is 1. The highest BCUT2D eigenvalue weighted by atomic mass is 35.5. The fourth-order valence-electron chi connectivity index (χ4n) is 3.80. The molecule has 1 aliphatic heterocycles. The number of allylic oxidation sites excluding steroid dienone is 2. The summed E-state index contributed by atoms with van der Waals surface area (Å²) in [5.41, 5.74) is 0.889. The Balaban J connectivity index is 1.36. The molecule has 0 aromatic heterocycles. The molecule has 7 nitrogen and oxygen atoms in total. The molecule has 4 rings (SSSR count). The third-order valence-corrected chi connectivity index (χ3v) is 5.97. The van der Waals surface area contributed by atoms with Crippen LogP contribution in [0.25, 0.3) is 0 Å². The van der Waals surface area contributed by atoms with Crippen molar-refractivity contribution in [2.45, 2.75) is 12.8 Å². The number of esters is 1. The monoisotopic (exact) mass is 472 g/mol. The van der Waals surface area contributed by atoms with Crippen molar-refractivity contribution in [2.75, 3.05) is 16.8 Å². The lowest BCUT2D eigenvalue weighted by Crippen LogP contribution is -2.30. The van der Waals surface area contributed by atoms with Gasteiger partial charge in [0.05, 0.1) is 33.8 Å². The number of halogens is 2. The van der Waals surface area contributed by atoms with Crippen LogP contribution in [0.15, 0.2) is 54.6 Å². The molecular weight excluding hydrogens is 455 g/mol. The molecule has 2 aromatic carbocycles. The van der Waals surface area contributed by atoms with Gasteiger partial charge in [0.1, 0.15) is 0 Å². The van der Waals surface area contributed by atoms with E-state index < -0.39 is 18.5 Å². The molecule has 1 aliphatic carbocycles. The Bertz CT molecular complexity index is 1100. The van der Waals surface area contributed by atoms with E-state index in [0.29, 0.717) is 34.3 Å². The van der Waals surface area contributed by atoms with Crippen LogP contribution in [0, 0.1) is 11.8 Å². The van der Waals surface area contributed by atoms with Gasteiger partial charge in [0.25, 0.3) is 5.91 Å². The Morgan fingerprint density at radius 2 is 1.59 bits per heavy atom. The first kappa shape index (κ1) is 22.0. The molecule has 1 heterocycles. The number of nitrogens with zero attached hydrogens (tertiary/aromatic N) is 1. The van der Waals surface area contributed by atoms with Crippen molar-refractivity contribution in [3.63, 3.8) is 0 Å². The molecule has 1 saturated heterocycles. The summed E-state index contributed by atoms with van der Waals surface area (Å²) >= 11 is 11.9.